The van der Waals surface area contributed by atoms with Gasteiger partial charge in [-0.05, 0) is 52.2 Å². The summed E-state index contributed by atoms with van der Waals surface area (Å²) in [6, 6.07) is 11.5. The second kappa shape index (κ2) is 9.49. The minimum atomic E-state index is -0.595. The summed E-state index contributed by atoms with van der Waals surface area (Å²) in [5, 5.41) is 22.2. The highest BCUT2D eigenvalue weighted by molar-refractivity contribution is 5.68. The van der Waals surface area contributed by atoms with E-state index < -0.39 is 17.8 Å². The van der Waals surface area contributed by atoms with E-state index >= 15 is 0 Å². The molecule has 166 valence electrons. The van der Waals surface area contributed by atoms with E-state index in [0.717, 1.165) is 28.0 Å². The van der Waals surface area contributed by atoms with E-state index in [-0.39, 0.29) is 12.6 Å². The topological polar surface area (TPSA) is 96.1 Å². The van der Waals surface area contributed by atoms with Crippen LogP contribution in [0.25, 0.3) is 16.9 Å². The molecule has 0 saturated carbocycles. The van der Waals surface area contributed by atoms with Crippen LogP contribution in [0, 0.1) is 0 Å². The lowest BCUT2D eigenvalue weighted by atomic mass is 10.0. The number of hydrogen-bond acceptors (Lipinski definition) is 5. The van der Waals surface area contributed by atoms with E-state index in [1.54, 1.807) is 6.92 Å². The minimum absolute atomic E-state index is 0.0224. The number of pyridine rings is 1. The molecule has 31 heavy (non-hydrogen) atoms. The van der Waals surface area contributed by atoms with Gasteiger partial charge in [0.25, 0.3) is 0 Å². The number of nitrogens with zero attached hydrogens (tertiary/aromatic N) is 2. The zero-order valence-electron chi connectivity index (χ0n) is 18.5. The highest BCUT2D eigenvalue weighted by Gasteiger charge is 2.20. The van der Waals surface area contributed by atoms with E-state index in [0.29, 0.717) is 12.8 Å². The number of aromatic nitrogens is 2. The molecule has 7 heteroatoms. The van der Waals surface area contributed by atoms with Gasteiger partial charge in [0.2, 0.25) is 0 Å². The summed E-state index contributed by atoms with van der Waals surface area (Å²) >= 11 is 0. The van der Waals surface area contributed by atoms with Crippen molar-refractivity contribution in [1.29, 1.82) is 0 Å². The maximum Gasteiger partial charge on any atom is 0.407 e. The Balaban J connectivity index is 1.74. The first-order valence-electron chi connectivity index (χ1n) is 10.5. The van der Waals surface area contributed by atoms with Gasteiger partial charge in [-0.3, -0.25) is 0 Å². The van der Waals surface area contributed by atoms with E-state index in [1.165, 1.54) is 0 Å². The van der Waals surface area contributed by atoms with Crippen molar-refractivity contribution in [1.82, 2.24) is 14.7 Å². The van der Waals surface area contributed by atoms with E-state index in [2.05, 4.69) is 5.32 Å². The Labute approximate surface area is 182 Å². The molecule has 2 unspecified atom stereocenters. The predicted molar refractivity (Wildman–Crippen MR) is 120 cm³/mol. The minimum Gasteiger partial charge on any atom is -0.444 e. The number of nitrogens with one attached hydrogen (secondary N) is 1. The van der Waals surface area contributed by atoms with Gasteiger partial charge in [0.1, 0.15) is 11.2 Å². The van der Waals surface area contributed by atoms with Crippen molar-refractivity contribution in [3.8, 4) is 11.3 Å². The van der Waals surface area contributed by atoms with Crippen LogP contribution >= 0.6 is 0 Å². The summed E-state index contributed by atoms with van der Waals surface area (Å²) in [7, 11) is 0. The molecule has 3 aromatic rings. The number of aliphatic hydroxyl groups excluding tert-OH is 2. The van der Waals surface area contributed by atoms with Crippen LogP contribution in [0.4, 0.5) is 4.79 Å². The molecule has 2 atom stereocenters. The third kappa shape index (κ3) is 6.06. The molecule has 0 aliphatic carbocycles. The molecule has 0 aliphatic rings. The zero-order chi connectivity index (χ0) is 22.6. The molecule has 7 nitrogen and oxygen atoms in total. The van der Waals surface area contributed by atoms with Gasteiger partial charge in [-0.1, -0.05) is 30.3 Å². The lowest BCUT2D eigenvalue weighted by Gasteiger charge is -2.23. The average Bonchev–Trinajstić information content (AvgIpc) is 3.11. The maximum absolute atomic E-state index is 12.1. The molecule has 0 saturated heterocycles. The number of imidazole rings is 1. The molecular weight excluding hydrogens is 394 g/mol. The molecule has 0 fully saturated rings. The first-order valence-corrected chi connectivity index (χ1v) is 10.5. The molecule has 0 radical (unpaired) electrons. The molecule has 3 N–H and O–H groups in total. The summed E-state index contributed by atoms with van der Waals surface area (Å²) in [6.45, 7) is 7.15. The van der Waals surface area contributed by atoms with Gasteiger partial charge >= 0.3 is 6.09 Å². The van der Waals surface area contributed by atoms with Crippen molar-refractivity contribution in [3.05, 3.63) is 59.9 Å². The fourth-order valence-corrected chi connectivity index (χ4v) is 3.45. The second-order valence-electron chi connectivity index (χ2n) is 8.75. The number of ether oxygens (including phenoxy) is 1. The number of aliphatic hydroxyl groups is 2. The van der Waals surface area contributed by atoms with Gasteiger partial charge in [-0.2, -0.15) is 0 Å². The molecule has 3 rings (SSSR count). The molecule has 0 bridgehead atoms. The van der Waals surface area contributed by atoms with Crippen LogP contribution < -0.4 is 5.32 Å². The van der Waals surface area contributed by atoms with Gasteiger partial charge in [-0.25, -0.2) is 9.78 Å². The summed E-state index contributed by atoms with van der Waals surface area (Å²) in [4.78, 5) is 16.8. The monoisotopic (exact) mass is 425 g/mol. The van der Waals surface area contributed by atoms with Crippen molar-refractivity contribution in [2.24, 2.45) is 0 Å². The van der Waals surface area contributed by atoms with E-state index in [1.807, 2.05) is 74.0 Å². The van der Waals surface area contributed by atoms with Crippen LogP contribution in [0.5, 0.6) is 0 Å². The first kappa shape index (κ1) is 22.8. The molecule has 1 aromatic carbocycles. The Bertz CT molecular complexity index is 1020. The van der Waals surface area contributed by atoms with Crippen molar-refractivity contribution in [2.75, 3.05) is 6.61 Å². The molecule has 2 heterocycles. The van der Waals surface area contributed by atoms with Gasteiger partial charge in [0, 0.05) is 36.2 Å². The molecule has 0 aliphatic heterocycles. The number of fused-ring (bicyclic) bond motifs is 1. The third-order valence-electron chi connectivity index (χ3n) is 4.89. The number of alkyl carbamates (subject to hydrolysis) is 1. The van der Waals surface area contributed by atoms with Crippen LogP contribution in [0.15, 0.2) is 48.8 Å². The largest absolute Gasteiger partial charge is 0.444 e. The third-order valence-corrected chi connectivity index (χ3v) is 4.89. The number of benzene rings is 1. The summed E-state index contributed by atoms with van der Waals surface area (Å²) < 4.78 is 7.23. The summed E-state index contributed by atoms with van der Waals surface area (Å²) in [5.74, 6) is 0. The van der Waals surface area contributed by atoms with Gasteiger partial charge in [0.05, 0.1) is 11.8 Å². The normalized spacial score (nSPS) is 13.7. The Morgan fingerprint density at radius 2 is 1.94 bits per heavy atom. The zero-order valence-corrected chi connectivity index (χ0v) is 18.5. The fraction of sp³-hybridized carbons (Fsp3) is 0.417. The Kier molecular flexibility index (Phi) is 6.97. The molecule has 0 spiro atoms. The quantitative estimate of drug-likeness (QED) is 0.534. The lowest BCUT2D eigenvalue weighted by Crippen LogP contribution is -2.40. The number of amides is 1. The van der Waals surface area contributed by atoms with Gasteiger partial charge < -0.3 is 24.7 Å². The van der Waals surface area contributed by atoms with E-state index in [9.17, 15) is 15.0 Å². The second-order valence-corrected chi connectivity index (χ2v) is 8.75. The van der Waals surface area contributed by atoms with Crippen molar-refractivity contribution in [2.45, 2.75) is 58.3 Å². The Morgan fingerprint density at radius 1 is 1.23 bits per heavy atom. The molecule has 1 amide bonds. The number of carbonyl (C=O) groups excluding carboxylic acids is 1. The molecule has 2 aromatic heterocycles. The van der Waals surface area contributed by atoms with Gasteiger partial charge in [-0.15, -0.1) is 0 Å². The molecular formula is C24H31N3O4. The van der Waals surface area contributed by atoms with Crippen LogP contribution in [0.1, 0.15) is 51.3 Å². The lowest BCUT2D eigenvalue weighted by molar-refractivity contribution is 0.0497. The Morgan fingerprint density at radius 3 is 2.55 bits per heavy atom. The SMILES string of the molecule is CC(O)c1cccn2cc(-c3ccc(CC(CCO)NC(=O)OC(C)(C)C)cc3)nc12. The smallest absolute Gasteiger partial charge is 0.407 e. The average molecular weight is 426 g/mol. The van der Waals surface area contributed by atoms with Crippen molar-refractivity contribution < 1.29 is 19.7 Å². The van der Waals surface area contributed by atoms with Crippen LogP contribution in [0.3, 0.4) is 0 Å². The summed E-state index contributed by atoms with van der Waals surface area (Å²) in [6.07, 6.45) is 3.79. The van der Waals surface area contributed by atoms with Gasteiger partial charge in [0.15, 0.2) is 0 Å². The van der Waals surface area contributed by atoms with Crippen LogP contribution in [-0.2, 0) is 11.2 Å². The number of carbonyl (C=O) groups is 1. The first-order chi connectivity index (χ1) is 14.7. The maximum atomic E-state index is 12.1. The van der Waals surface area contributed by atoms with Crippen molar-refractivity contribution >= 4 is 11.7 Å². The highest BCUT2D eigenvalue weighted by Crippen LogP contribution is 2.24. The number of hydrogen-bond donors (Lipinski definition) is 3. The van der Waals surface area contributed by atoms with Crippen molar-refractivity contribution in [3.63, 3.8) is 0 Å². The van der Waals surface area contributed by atoms with Crippen LogP contribution in [0.2, 0.25) is 0 Å². The van der Waals surface area contributed by atoms with Crippen LogP contribution in [-0.4, -0.2) is 43.9 Å². The Hall–Kier alpha value is -2.90. The van der Waals surface area contributed by atoms with E-state index in [4.69, 9.17) is 9.72 Å². The summed E-state index contributed by atoms with van der Waals surface area (Å²) in [5.41, 5.74) is 3.76. The predicted octanol–water partition coefficient (Wildman–Crippen LogP) is 3.87. The standard InChI is InChI=1S/C24H31N3O4/c1-16(29)20-6-5-12-27-15-21(26-22(20)27)18-9-7-17(8-10-18)14-19(11-13-28)25-23(30)31-24(2,3)4/h5-10,12,15-16,19,28-29H,11,13-14H2,1-4H3,(H,25,30). The highest BCUT2D eigenvalue weighted by atomic mass is 16.6. The fourth-order valence-electron chi connectivity index (χ4n) is 3.45. The number of rotatable bonds is 7.